The van der Waals surface area contributed by atoms with Gasteiger partial charge in [0.15, 0.2) is 0 Å². The fraction of sp³-hybridized carbons (Fsp3) is 0.455. The number of hydrogen-bond acceptors (Lipinski definition) is 3. The topological polar surface area (TPSA) is 33.3 Å². The van der Waals surface area contributed by atoms with E-state index in [4.69, 9.17) is 4.74 Å². The first-order valence-electron chi connectivity index (χ1n) is 5.09. The molecule has 3 heteroatoms. The van der Waals surface area contributed by atoms with Gasteiger partial charge in [0, 0.05) is 18.8 Å². The van der Waals surface area contributed by atoms with Gasteiger partial charge in [-0.25, -0.2) is 0 Å². The molecule has 74 valence electrons. The third kappa shape index (κ3) is 1.29. The number of ether oxygens (including phenoxy) is 1. The van der Waals surface area contributed by atoms with Gasteiger partial charge in [0.25, 0.3) is 0 Å². The Morgan fingerprint density at radius 2 is 2.21 bits per heavy atom. The van der Waals surface area contributed by atoms with Crippen LogP contribution >= 0.6 is 0 Å². The van der Waals surface area contributed by atoms with Gasteiger partial charge in [-0.15, -0.1) is 0 Å². The van der Waals surface area contributed by atoms with E-state index in [1.54, 1.807) is 0 Å². The van der Waals surface area contributed by atoms with Crippen molar-refractivity contribution >= 4 is 5.69 Å². The summed E-state index contributed by atoms with van der Waals surface area (Å²) in [4.78, 5) is 0. The van der Waals surface area contributed by atoms with Crippen LogP contribution in [0, 0.1) is 0 Å². The summed E-state index contributed by atoms with van der Waals surface area (Å²) in [5.41, 5.74) is 4.13. The molecule has 14 heavy (non-hydrogen) atoms. The Labute approximate surface area is 83.5 Å². The van der Waals surface area contributed by atoms with Gasteiger partial charge in [0.2, 0.25) is 0 Å². The molecule has 3 nitrogen and oxygen atoms in total. The fourth-order valence-electron chi connectivity index (χ4n) is 2.01. The lowest BCUT2D eigenvalue weighted by molar-refractivity contribution is 0.0211. The second-order valence-electron chi connectivity index (χ2n) is 3.93. The average Bonchev–Trinajstić information content (AvgIpc) is 2.59. The zero-order chi connectivity index (χ0) is 9.38. The number of rotatable bonds is 2. The molecule has 1 aromatic rings. The van der Waals surface area contributed by atoms with Gasteiger partial charge in [-0.1, -0.05) is 12.1 Å². The molecule has 0 aliphatic carbocycles. The SMILES string of the molecule is c1cc2c(c(NC3COC3)c1)CNC2. The van der Waals surface area contributed by atoms with E-state index >= 15 is 0 Å². The zero-order valence-corrected chi connectivity index (χ0v) is 8.05. The summed E-state index contributed by atoms with van der Waals surface area (Å²) in [5, 5.41) is 6.88. The fourth-order valence-corrected chi connectivity index (χ4v) is 2.01. The second kappa shape index (κ2) is 3.26. The minimum atomic E-state index is 0.516. The Hall–Kier alpha value is -1.06. The molecule has 0 spiro atoms. The molecule has 0 amide bonds. The lowest BCUT2D eigenvalue weighted by Gasteiger charge is -2.28. The molecule has 0 bridgehead atoms. The minimum Gasteiger partial charge on any atom is -0.377 e. The number of fused-ring (bicyclic) bond motifs is 1. The standard InChI is InChI=1S/C11H14N2O/c1-2-8-4-12-5-10(8)11(3-1)13-9-6-14-7-9/h1-3,9,12-13H,4-7H2. The summed E-state index contributed by atoms with van der Waals surface area (Å²) < 4.78 is 5.15. The smallest absolute Gasteiger partial charge is 0.0728 e. The summed E-state index contributed by atoms with van der Waals surface area (Å²) in [7, 11) is 0. The Balaban J connectivity index is 1.85. The number of benzene rings is 1. The van der Waals surface area contributed by atoms with Crippen LogP contribution in [0.4, 0.5) is 5.69 Å². The van der Waals surface area contributed by atoms with E-state index in [0.717, 1.165) is 26.3 Å². The van der Waals surface area contributed by atoms with Crippen molar-refractivity contribution in [3.63, 3.8) is 0 Å². The van der Waals surface area contributed by atoms with E-state index in [1.807, 2.05) is 0 Å². The van der Waals surface area contributed by atoms with Crippen LogP contribution in [0.2, 0.25) is 0 Å². The lowest BCUT2D eigenvalue weighted by Crippen LogP contribution is -2.40. The molecule has 1 saturated heterocycles. The largest absolute Gasteiger partial charge is 0.377 e. The molecule has 2 aliphatic rings. The quantitative estimate of drug-likeness (QED) is 0.732. The number of anilines is 1. The highest BCUT2D eigenvalue weighted by atomic mass is 16.5. The molecule has 0 aromatic heterocycles. The van der Waals surface area contributed by atoms with Gasteiger partial charge in [0.05, 0.1) is 19.3 Å². The molecule has 0 saturated carbocycles. The summed E-state index contributed by atoms with van der Waals surface area (Å²) in [6.45, 7) is 3.69. The van der Waals surface area contributed by atoms with Crippen molar-refractivity contribution in [1.29, 1.82) is 0 Å². The van der Waals surface area contributed by atoms with Crippen LogP contribution in [-0.2, 0) is 17.8 Å². The molecule has 0 atom stereocenters. The van der Waals surface area contributed by atoms with Crippen molar-refractivity contribution in [3.05, 3.63) is 29.3 Å². The molecule has 0 radical (unpaired) electrons. The first-order chi connectivity index (χ1) is 6.93. The maximum absolute atomic E-state index is 5.15. The number of nitrogens with one attached hydrogen (secondary N) is 2. The first-order valence-corrected chi connectivity index (χ1v) is 5.09. The Bertz CT molecular complexity index is 347. The van der Waals surface area contributed by atoms with Crippen LogP contribution in [0.1, 0.15) is 11.1 Å². The van der Waals surface area contributed by atoms with Gasteiger partial charge in [0.1, 0.15) is 0 Å². The van der Waals surface area contributed by atoms with E-state index in [2.05, 4.69) is 28.8 Å². The summed E-state index contributed by atoms with van der Waals surface area (Å²) in [6, 6.07) is 6.98. The summed E-state index contributed by atoms with van der Waals surface area (Å²) >= 11 is 0. The lowest BCUT2D eigenvalue weighted by atomic mass is 10.1. The van der Waals surface area contributed by atoms with Gasteiger partial charge < -0.3 is 15.4 Å². The maximum atomic E-state index is 5.15. The van der Waals surface area contributed by atoms with E-state index in [1.165, 1.54) is 16.8 Å². The van der Waals surface area contributed by atoms with Crippen molar-refractivity contribution in [2.45, 2.75) is 19.1 Å². The molecule has 1 aromatic carbocycles. The minimum absolute atomic E-state index is 0.516. The van der Waals surface area contributed by atoms with Crippen LogP contribution in [-0.4, -0.2) is 19.3 Å². The maximum Gasteiger partial charge on any atom is 0.0728 e. The third-order valence-corrected chi connectivity index (χ3v) is 2.89. The molecular weight excluding hydrogens is 176 g/mol. The van der Waals surface area contributed by atoms with Crippen LogP contribution in [0.5, 0.6) is 0 Å². The molecule has 0 unspecified atom stereocenters. The Morgan fingerprint density at radius 3 is 3.00 bits per heavy atom. The van der Waals surface area contributed by atoms with Crippen LogP contribution < -0.4 is 10.6 Å². The van der Waals surface area contributed by atoms with Crippen molar-refractivity contribution in [2.75, 3.05) is 18.5 Å². The van der Waals surface area contributed by atoms with Gasteiger partial charge in [-0.3, -0.25) is 0 Å². The third-order valence-electron chi connectivity index (χ3n) is 2.89. The molecule has 1 fully saturated rings. The van der Waals surface area contributed by atoms with Crippen molar-refractivity contribution in [1.82, 2.24) is 5.32 Å². The van der Waals surface area contributed by atoms with Crippen LogP contribution in [0.25, 0.3) is 0 Å². The van der Waals surface area contributed by atoms with Crippen LogP contribution in [0.3, 0.4) is 0 Å². The molecule has 2 N–H and O–H groups in total. The predicted octanol–water partition coefficient (Wildman–Crippen LogP) is 1.10. The van der Waals surface area contributed by atoms with E-state index in [9.17, 15) is 0 Å². The van der Waals surface area contributed by atoms with Crippen molar-refractivity contribution in [2.24, 2.45) is 0 Å². The number of hydrogen-bond donors (Lipinski definition) is 2. The second-order valence-corrected chi connectivity index (χ2v) is 3.93. The monoisotopic (exact) mass is 190 g/mol. The average molecular weight is 190 g/mol. The molecule has 3 rings (SSSR count). The van der Waals surface area contributed by atoms with E-state index in [0.29, 0.717) is 6.04 Å². The van der Waals surface area contributed by atoms with Gasteiger partial charge in [-0.2, -0.15) is 0 Å². The zero-order valence-electron chi connectivity index (χ0n) is 8.05. The van der Waals surface area contributed by atoms with Crippen molar-refractivity contribution in [3.8, 4) is 0 Å². The molecule has 2 heterocycles. The normalized spacial score (nSPS) is 20.3. The molecular formula is C11H14N2O. The molecule has 2 aliphatic heterocycles. The Kier molecular flexibility index (Phi) is 1.92. The highest BCUT2D eigenvalue weighted by molar-refractivity contribution is 5.56. The van der Waals surface area contributed by atoms with Crippen LogP contribution in [0.15, 0.2) is 18.2 Å². The van der Waals surface area contributed by atoms with Gasteiger partial charge >= 0.3 is 0 Å². The Morgan fingerprint density at radius 1 is 1.29 bits per heavy atom. The highest BCUT2D eigenvalue weighted by Crippen LogP contribution is 2.25. The van der Waals surface area contributed by atoms with Gasteiger partial charge in [-0.05, 0) is 17.2 Å². The predicted molar refractivity (Wildman–Crippen MR) is 55.2 cm³/mol. The van der Waals surface area contributed by atoms with Crippen molar-refractivity contribution < 1.29 is 4.74 Å². The van der Waals surface area contributed by atoms with E-state index < -0.39 is 0 Å². The summed E-state index contributed by atoms with van der Waals surface area (Å²) in [5.74, 6) is 0. The first kappa shape index (κ1) is 8.26. The van der Waals surface area contributed by atoms with E-state index in [-0.39, 0.29) is 0 Å². The summed E-state index contributed by atoms with van der Waals surface area (Å²) in [6.07, 6.45) is 0. The highest BCUT2D eigenvalue weighted by Gasteiger charge is 2.20.